The van der Waals surface area contributed by atoms with E-state index in [-0.39, 0.29) is 6.10 Å². The monoisotopic (exact) mass is 245 g/mol. The van der Waals surface area contributed by atoms with E-state index in [9.17, 15) is 0 Å². The molecule has 0 saturated heterocycles. The van der Waals surface area contributed by atoms with Gasteiger partial charge in [0.25, 0.3) is 0 Å². The predicted octanol–water partition coefficient (Wildman–Crippen LogP) is 1.59. The highest BCUT2D eigenvalue weighted by molar-refractivity contribution is 4.74. The van der Waals surface area contributed by atoms with Crippen LogP contribution in [0.15, 0.2) is 0 Å². The van der Waals surface area contributed by atoms with Crippen LogP contribution in [-0.4, -0.2) is 52.2 Å². The Morgan fingerprint density at radius 1 is 1.24 bits per heavy atom. The average molecular weight is 245 g/mol. The molecule has 0 aliphatic heterocycles. The van der Waals surface area contributed by atoms with Crippen molar-refractivity contribution < 1.29 is 14.2 Å². The molecule has 0 aromatic carbocycles. The Morgan fingerprint density at radius 3 is 2.71 bits per heavy atom. The predicted molar refractivity (Wildman–Crippen MR) is 68.3 cm³/mol. The molecule has 0 aromatic heterocycles. The first kappa shape index (κ1) is 14.9. The van der Waals surface area contributed by atoms with Crippen LogP contribution < -0.4 is 5.32 Å². The molecule has 0 amide bonds. The third kappa shape index (κ3) is 6.36. The van der Waals surface area contributed by atoms with Gasteiger partial charge < -0.3 is 19.5 Å². The van der Waals surface area contributed by atoms with Crippen LogP contribution in [0, 0.1) is 0 Å². The fraction of sp³-hybridized carbons (Fsp3) is 1.00. The Balaban J connectivity index is 2.10. The molecule has 3 atom stereocenters. The lowest BCUT2D eigenvalue weighted by atomic mass is 9.95. The highest BCUT2D eigenvalue weighted by Crippen LogP contribution is 2.23. The topological polar surface area (TPSA) is 39.7 Å². The van der Waals surface area contributed by atoms with E-state index in [4.69, 9.17) is 14.2 Å². The molecule has 0 spiro atoms. The second-order valence-corrected chi connectivity index (χ2v) is 4.79. The van der Waals surface area contributed by atoms with Crippen LogP contribution in [0.5, 0.6) is 0 Å². The number of methoxy groups -OCH3 is 2. The maximum atomic E-state index is 6.02. The molecule has 3 unspecified atom stereocenters. The van der Waals surface area contributed by atoms with Gasteiger partial charge in [0.2, 0.25) is 0 Å². The third-order valence-electron chi connectivity index (χ3n) is 3.25. The Kier molecular flexibility index (Phi) is 7.77. The molecular weight excluding hydrogens is 218 g/mol. The number of hydrogen-bond donors (Lipinski definition) is 1. The minimum absolute atomic E-state index is 0.257. The Bertz CT molecular complexity index is 190. The van der Waals surface area contributed by atoms with E-state index < -0.39 is 0 Å². The quantitative estimate of drug-likeness (QED) is 0.659. The van der Waals surface area contributed by atoms with Crippen LogP contribution >= 0.6 is 0 Å². The van der Waals surface area contributed by atoms with Crippen molar-refractivity contribution in [2.24, 2.45) is 0 Å². The summed E-state index contributed by atoms with van der Waals surface area (Å²) in [6.07, 6.45) is 5.62. The largest absolute Gasteiger partial charge is 0.383 e. The van der Waals surface area contributed by atoms with Crippen molar-refractivity contribution in [1.82, 2.24) is 5.32 Å². The SMILES string of the molecule is COCCNCC(C)OC1CCCC(OC)C1. The average Bonchev–Trinajstić information content (AvgIpc) is 2.35. The summed E-state index contributed by atoms with van der Waals surface area (Å²) in [6.45, 7) is 4.64. The van der Waals surface area contributed by atoms with Crippen molar-refractivity contribution in [2.75, 3.05) is 33.9 Å². The van der Waals surface area contributed by atoms with E-state index in [1.54, 1.807) is 14.2 Å². The molecule has 1 N–H and O–H groups in total. The lowest BCUT2D eigenvalue weighted by Crippen LogP contribution is -2.35. The van der Waals surface area contributed by atoms with Gasteiger partial charge in [-0.05, 0) is 32.6 Å². The van der Waals surface area contributed by atoms with E-state index in [1.165, 1.54) is 19.3 Å². The van der Waals surface area contributed by atoms with Crippen molar-refractivity contribution in [2.45, 2.75) is 50.9 Å². The van der Waals surface area contributed by atoms with E-state index in [1.807, 2.05) is 0 Å². The van der Waals surface area contributed by atoms with Gasteiger partial charge in [-0.3, -0.25) is 0 Å². The number of hydrogen-bond acceptors (Lipinski definition) is 4. The second kappa shape index (κ2) is 8.86. The summed E-state index contributed by atoms with van der Waals surface area (Å²) in [7, 11) is 3.51. The van der Waals surface area contributed by atoms with Gasteiger partial charge in [-0.25, -0.2) is 0 Å². The van der Waals surface area contributed by atoms with Crippen molar-refractivity contribution in [1.29, 1.82) is 0 Å². The van der Waals surface area contributed by atoms with Gasteiger partial charge in [-0.1, -0.05) is 0 Å². The van der Waals surface area contributed by atoms with Crippen LogP contribution in [0.3, 0.4) is 0 Å². The lowest BCUT2D eigenvalue weighted by molar-refractivity contribution is -0.0582. The van der Waals surface area contributed by atoms with Crippen LogP contribution in [-0.2, 0) is 14.2 Å². The van der Waals surface area contributed by atoms with Gasteiger partial charge in [0.05, 0.1) is 24.9 Å². The summed E-state index contributed by atoms with van der Waals surface area (Å²) < 4.78 is 16.4. The van der Waals surface area contributed by atoms with Crippen LogP contribution in [0.4, 0.5) is 0 Å². The van der Waals surface area contributed by atoms with Crippen LogP contribution in [0.25, 0.3) is 0 Å². The normalized spacial score (nSPS) is 27.0. The van der Waals surface area contributed by atoms with E-state index >= 15 is 0 Å². The van der Waals surface area contributed by atoms with Crippen molar-refractivity contribution in [3.8, 4) is 0 Å². The zero-order valence-electron chi connectivity index (χ0n) is 11.4. The molecule has 4 nitrogen and oxygen atoms in total. The van der Waals surface area contributed by atoms with Gasteiger partial charge in [0.15, 0.2) is 0 Å². The maximum Gasteiger partial charge on any atom is 0.0675 e. The number of ether oxygens (including phenoxy) is 3. The molecule has 4 heteroatoms. The van der Waals surface area contributed by atoms with Gasteiger partial charge in [0, 0.05) is 27.3 Å². The molecule has 0 bridgehead atoms. The van der Waals surface area contributed by atoms with E-state index in [0.29, 0.717) is 12.2 Å². The molecule has 1 fully saturated rings. The first-order valence-corrected chi connectivity index (χ1v) is 6.64. The first-order valence-electron chi connectivity index (χ1n) is 6.64. The summed E-state index contributed by atoms with van der Waals surface area (Å²) in [6, 6.07) is 0. The zero-order valence-corrected chi connectivity index (χ0v) is 11.4. The molecule has 102 valence electrons. The summed E-state index contributed by atoms with van der Waals surface area (Å²) in [5.74, 6) is 0. The molecule has 1 aliphatic carbocycles. The highest BCUT2D eigenvalue weighted by Gasteiger charge is 2.23. The number of nitrogens with one attached hydrogen (secondary N) is 1. The highest BCUT2D eigenvalue weighted by atomic mass is 16.5. The Hall–Kier alpha value is -0.160. The standard InChI is InChI=1S/C13H27NO3/c1-11(10-14-7-8-15-2)17-13-6-4-5-12(9-13)16-3/h11-14H,4-10H2,1-3H3. The van der Waals surface area contributed by atoms with Gasteiger partial charge in [-0.15, -0.1) is 0 Å². The Labute approximate surface area is 105 Å². The molecule has 0 radical (unpaired) electrons. The summed E-state index contributed by atoms with van der Waals surface area (Å²) in [4.78, 5) is 0. The molecule has 1 aliphatic rings. The van der Waals surface area contributed by atoms with E-state index in [0.717, 1.165) is 26.1 Å². The third-order valence-corrected chi connectivity index (χ3v) is 3.25. The van der Waals surface area contributed by atoms with Crippen LogP contribution in [0.2, 0.25) is 0 Å². The Morgan fingerprint density at radius 2 is 2.00 bits per heavy atom. The number of rotatable bonds is 8. The maximum absolute atomic E-state index is 6.02. The molecule has 1 rings (SSSR count). The molecule has 0 aromatic rings. The summed E-state index contributed by atoms with van der Waals surface area (Å²) in [5.41, 5.74) is 0. The minimum atomic E-state index is 0.257. The van der Waals surface area contributed by atoms with Crippen molar-refractivity contribution in [3.63, 3.8) is 0 Å². The summed E-state index contributed by atoms with van der Waals surface area (Å²) >= 11 is 0. The lowest BCUT2D eigenvalue weighted by Gasteiger charge is -2.30. The van der Waals surface area contributed by atoms with Gasteiger partial charge in [0.1, 0.15) is 0 Å². The fourth-order valence-electron chi connectivity index (χ4n) is 2.30. The molecular formula is C13H27NO3. The van der Waals surface area contributed by atoms with Gasteiger partial charge >= 0.3 is 0 Å². The molecule has 1 saturated carbocycles. The van der Waals surface area contributed by atoms with E-state index in [2.05, 4.69) is 12.2 Å². The van der Waals surface area contributed by atoms with Crippen molar-refractivity contribution >= 4 is 0 Å². The minimum Gasteiger partial charge on any atom is -0.383 e. The zero-order chi connectivity index (χ0) is 12.5. The molecule has 0 heterocycles. The fourth-order valence-corrected chi connectivity index (χ4v) is 2.30. The van der Waals surface area contributed by atoms with Crippen LogP contribution in [0.1, 0.15) is 32.6 Å². The van der Waals surface area contributed by atoms with Gasteiger partial charge in [-0.2, -0.15) is 0 Å². The smallest absolute Gasteiger partial charge is 0.0675 e. The second-order valence-electron chi connectivity index (χ2n) is 4.79. The molecule has 17 heavy (non-hydrogen) atoms. The van der Waals surface area contributed by atoms with Crippen molar-refractivity contribution in [3.05, 3.63) is 0 Å². The summed E-state index contributed by atoms with van der Waals surface area (Å²) in [5, 5.41) is 3.32. The first-order chi connectivity index (χ1) is 8.26.